The number of nitrogens with one attached hydrogen (secondary N) is 1. The molecule has 0 saturated carbocycles. The van der Waals surface area contributed by atoms with Crippen LogP contribution in [0.4, 0.5) is 0 Å². The van der Waals surface area contributed by atoms with Crippen molar-refractivity contribution in [3.05, 3.63) is 48.0 Å². The fourth-order valence-electron chi connectivity index (χ4n) is 3.68. The van der Waals surface area contributed by atoms with Gasteiger partial charge >= 0.3 is 0 Å². The SMILES string of the molecule is CCNC(=NCc1cc(OC)c(OC)cc1OC)N1CCC(Oc2ccccc2)CC1.I. The second kappa shape index (κ2) is 13.2. The highest BCUT2D eigenvalue weighted by Gasteiger charge is 2.23. The Hall–Kier alpha value is -2.36. The van der Waals surface area contributed by atoms with E-state index in [9.17, 15) is 0 Å². The summed E-state index contributed by atoms with van der Waals surface area (Å²) in [7, 11) is 4.89. The van der Waals surface area contributed by atoms with Crippen molar-refractivity contribution >= 4 is 29.9 Å². The highest BCUT2D eigenvalue weighted by Crippen LogP contribution is 2.35. The number of halogens is 1. The normalized spacial score (nSPS) is 14.4. The van der Waals surface area contributed by atoms with Crippen molar-refractivity contribution < 1.29 is 18.9 Å². The van der Waals surface area contributed by atoms with Gasteiger partial charge in [0, 0.05) is 44.1 Å². The number of rotatable bonds is 8. The van der Waals surface area contributed by atoms with Crippen LogP contribution in [0, 0.1) is 0 Å². The lowest BCUT2D eigenvalue weighted by molar-refractivity contribution is 0.129. The Balaban J connectivity index is 0.00000363. The summed E-state index contributed by atoms with van der Waals surface area (Å²) in [4.78, 5) is 7.16. The van der Waals surface area contributed by atoms with E-state index in [1.807, 2.05) is 42.5 Å². The van der Waals surface area contributed by atoms with E-state index in [-0.39, 0.29) is 30.1 Å². The number of hydrogen-bond donors (Lipinski definition) is 1. The standard InChI is InChI=1S/C24H33N3O4.HI/c1-5-25-24(26-17-18-15-22(29-3)23(30-4)16-21(18)28-2)27-13-11-20(12-14-27)31-19-9-7-6-8-10-19;/h6-10,15-16,20H,5,11-14,17H2,1-4H3,(H,25,26);1H. The van der Waals surface area contributed by atoms with E-state index < -0.39 is 0 Å². The van der Waals surface area contributed by atoms with Crippen molar-refractivity contribution in [1.29, 1.82) is 0 Å². The van der Waals surface area contributed by atoms with E-state index in [4.69, 9.17) is 23.9 Å². The number of nitrogens with zero attached hydrogens (tertiary/aromatic N) is 2. The molecule has 0 aliphatic carbocycles. The van der Waals surface area contributed by atoms with Gasteiger partial charge in [-0.15, -0.1) is 24.0 Å². The van der Waals surface area contributed by atoms with Gasteiger partial charge in [0.25, 0.3) is 0 Å². The van der Waals surface area contributed by atoms with Crippen LogP contribution < -0.4 is 24.3 Å². The monoisotopic (exact) mass is 555 g/mol. The van der Waals surface area contributed by atoms with Gasteiger partial charge in [-0.2, -0.15) is 0 Å². The van der Waals surface area contributed by atoms with Gasteiger partial charge in [0.1, 0.15) is 17.6 Å². The molecule has 0 unspecified atom stereocenters. The molecule has 0 atom stereocenters. The first kappa shape index (κ1) is 25.9. The van der Waals surface area contributed by atoms with Crippen LogP contribution in [0.3, 0.4) is 0 Å². The third-order valence-electron chi connectivity index (χ3n) is 5.31. The van der Waals surface area contributed by atoms with Gasteiger partial charge in [-0.1, -0.05) is 18.2 Å². The van der Waals surface area contributed by atoms with Crippen LogP contribution in [-0.2, 0) is 6.54 Å². The summed E-state index contributed by atoms with van der Waals surface area (Å²) in [6.45, 7) is 5.16. The molecule has 0 radical (unpaired) electrons. The molecule has 3 rings (SSSR count). The Kier molecular flexibility index (Phi) is 10.7. The number of methoxy groups -OCH3 is 3. The minimum Gasteiger partial charge on any atom is -0.496 e. The first-order valence-electron chi connectivity index (χ1n) is 10.7. The molecular weight excluding hydrogens is 521 g/mol. The minimum atomic E-state index is 0. The zero-order chi connectivity index (χ0) is 22.1. The molecule has 0 bridgehead atoms. The molecule has 1 fully saturated rings. The molecule has 1 saturated heterocycles. The molecule has 32 heavy (non-hydrogen) atoms. The van der Waals surface area contributed by atoms with Gasteiger partial charge in [0.05, 0.1) is 27.9 Å². The van der Waals surface area contributed by atoms with Crippen molar-refractivity contribution in [2.45, 2.75) is 32.4 Å². The van der Waals surface area contributed by atoms with Crippen LogP contribution in [0.2, 0.25) is 0 Å². The Morgan fingerprint density at radius 3 is 2.19 bits per heavy atom. The van der Waals surface area contributed by atoms with E-state index in [0.717, 1.165) is 55.5 Å². The molecule has 0 amide bonds. The molecule has 2 aromatic rings. The maximum absolute atomic E-state index is 6.12. The third kappa shape index (κ3) is 6.82. The van der Waals surface area contributed by atoms with Gasteiger partial charge in [-0.05, 0) is 25.1 Å². The molecule has 7 nitrogen and oxygen atoms in total. The molecule has 1 heterocycles. The Bertz CT molecular complexity index is 856. The first-order chi connectivity index (χ1) is 15.2. The molecule has 1 aliphatic rings. The van der Waals surface area contributed by atoms with Crippen molar-refractivity contribution in [3.8, 4) is 23.0 Å². The lowest BCUT2D eigenvalue weighted by Gasteiger charge is -2.34. The summed E-state index contributed by atoms with van der Waals surface area (Å²) < 4.78 is 22.5. The Morgan fingerprint density at radius 2 is 1.59 bits per heavy atom. The number of guanidine groups is 1. The highest BCUT2D eigenvalue weighted by atomic mass is 127. The van der Waals surface area contributed by atoms with Gasteiger partial charge < -0.3 is 29.2 Å². The maximum atomic E-state index is 6.12. The summed E-state index contributed by atoms with van der Waals surface area (Å²) in [5.74, 6) is 3.86. The van der Waals surface area contributed by atoms with Gasteiger partial charge in [0.15, 0.2) is 17.5 Å². The lowest BCUT2D eigenvalue weighted by Crippen LogP contribution is -2.47. The fraction of sp³-hybridized carbons (Fsp3) is 0.458. The summed E-state index contributed by atoms with van der Waals surface area (Å²) in [5, 5.41) is 3.41. The fourth-order valence-corrected chi connectivity index (χ4v) is 3.68. The Labute approximate surface area is 208 Å². The topological polar surface area (TPSA) is 64.6 Å². The highest BCUT2D eigenvalue weighted by molar-refractivity contribution is 14.0. The van der Waals surface area contributed by atoms with Crippen LogP contribution in [-0.4, -0.2) is 57.9 Å². The van der Waals surface area contributed by atoms with Gasteiger partial charge in [0.2, 0.25) is 0 Å². The number of piperidine rings is 1. The average molecular weight is 555 g/mol. The second-order valence-electron chi connectivity index (χ2n) is 7.31. The molecule has 1 N–H and O–H groups in total. The largest absolute Gasteiger partial charge is 0.496 e. The zero-order valence-corrected chi connectivity index (χ0v) is 21.6. The summed E-state index contributed by atoms with van der Waals surface area (Å²) in [5.41, 5.74) is 0.942. The van der Waals surface area contributed by atoms with Crippen LogP contribution in [0.15, 0.2) is 47.5 Å². The number of para-hydroxylation sites is 1. The zero-order valence-electron chi connectivity index (χ0n) is 19.3. The second-order valence-corrected chi connectivity index (χ2v) is 7.31. The Morgan fingerprint density at radius 1 is 0.969 bits per heavy atom. The quantitative estimate of drug-likeness (QED) is 0.297. The average Bonchev–Trinajstić information content (AvgIpc) is 2.82. The number of ether oxygens (including phenoxy) is 4. The van der Waals surface area contributed by atoms with E-state index in [2.05, 4.69) is 17.1 Å². The molecular formula is C24H34IN3O4. The van der Waals surface area contributed by atoms with E-state index >= 15 is 0 Å². The summed E-state index contributed by atoms with van der Waals surface area (Å²) in [6.07, 6.45) is 2.14. The predicted molar refractivity (Wildman–Crippen MR) is 138 cm³/mol. The molecule has 2 aromatic carbocycles. The van der Waals surface area contributed by atoms with E-state index in [0.29, 0.717) is 18.0 Å². The lowest BCUT2D eigenvalue weighted by atomic mass is 10.1. The minimum absolute atomic E-state index is 0. The molecule has 0 spiro atoms. The number of likely N-dealkylation sites (tertiary alicyclic amines) is 1. The number of hydrogen-bond acceptors (Lipinski definition) is 5. The van der Waals surface area contributed by atoms with Crippen molar-refractivity contribution in [2.75, 3.05) is 41.0 Å². The smallest absolute Gasteiger partial charge is 0.194 e. The molecule has 0 aromatic heterocycles. The molecule has 176 valence electrons. The number of aliphatic imine (C=N–C) groups is 1. The van der Waals surface area contributed by atoms with Crippen LogP contribution >= 0.6 is 24.0 Å². The van der Waals surface area contributed by atoms with Crippen molar-refractivity contribution in [1.82, 2.24) is 10.2 Å². The van der Waals surface area contributed by atoms with E-state index in [1.54, 1.807) is 21.3 Å². The summed E-state index contributed by atoms with van der Waals surface area (Å²) >= 11 is 0. The van der Waals surface area contributed by atoms with E-state index in [1.165, 1.54) is 0 Å². The van der Waals surface area contributed by atoms with Crippen LogP contribution in [0.5, 0.6) is 23.0 Å². The number of benzene rings is 2. The molecule has 1 aliphatic heterocycles. The predicted octanol–water partition coefficient (Wildman–Crippen LogP) is 4.34. The van der Waals surface area contributed by atoms with Gasteiger partial charge in [-0.25, -0.2) is 4.99 Å². The van der Waals surface area contributed by atoms with Crippen LogP contribution in [0.25, 0.3) is 0 Å². The van der Waals surface area contributed by atoms with Crippen LogP contribution in [0.1, 0.15) is 25.3 Å². The third-order valence-corrected chi connectivity index (χ3v) is 5.31. The van der Waals surface area contributed by atoms with Crippen molar-refractivity contribution in [2.24, 2.45) is 4.99 Å². The molecule has 8 heteroatoms. The van der Waals surface area contributed by atoms with Gasteiger partial charge in [-0.3, -0.25) is 0 Å². The summed E-state index contributed by atoms with van der Waals surface area (Å²) in [6, 6.07) is 13.8. The van der Waals surface area contributed by atoms with Crippen molar-refractivity contribution in [3.63, 3.8) is 0 Å². The maximum Gasteiger partial charge on any atom is 0.194 e. The first-order valence-corrected chi connectivity index (χ1v) is 10.7.